The quantitative estimate of drug-likeness (QED) is 0.456. The molecule has 0 atom stereocenters. The molecule has 0 amide bonds. The standard InChI is InChI=1S/C3H8O5Si.Pd/c4-3(5)1-2-9(6,7)8;/h6-8H,1-2H2,(H,4,5);. The van der Waals surface area contributed by atoms with E-state index in [1.54, 1.807) is 0 Å². The molecule has 0 heterocycles. The van der Waals surface area contributed by atoms with Gasteiger partial charge in [0.1, 0.15) is 0 Å². The van der Waals surface area contributed by atoms with Crippen LogP contribution in [-0.2, 0) is 25.2 Å². The second-order valence-electron chi connectivity index (χ2n) is 1.67. The summed E-state index contributed by atoms with van der Waals surface area (Å²) in [7, 11) is -4.10. The molecule has 0 bridgehead atoms. The number of rotatable bonds is 3. The molecule has 0 aromatic heterocycles. The minimum Gasteiger partial charge on any atom is -0.481 e. The predicted molar refractivity (Wildman–Crippen MR) is 29.5 cm³/mol. The van der Waals surface area contributed by atoms with E-state index >= 15 is 0 Å². The molecule has 64 valence electrons. The first-order valence-electron chi connectivity index (χ1n) is 2.31. The van der Waals surface area contributed by atoms with Crippen molar-refractivity contribution in [2.24, 2.45) is 0 Å². The maximum atomic E-state index is 9.73. The zero-order chi connectivity index (χ0) is 7.49. The molecule has 5 nitrogen and oxygen atoms in total. The van der Waals surface area contributed by atoms with E-state index in [0.717, 1.165) is 0 Å². The van der Waals surface area contributed by atoms with Gasteiger partial charge in [-0.15, -0.1) is 0 Å². The first kappa shape index (κ1) is 12.9. The molecule has 0 aliphatic heterocycles. The number of carboxylic acid groups (broad SMARTS) is 1. The molecule has 0 saturated carbocycles. The van der Waals surface area contributed by atoms with Crippen LogP contribution in [0.3, 0.4) is 0 Å². The largest absolute Gasteiger partial charge is 0.493 e. The van der Waals surface area contributed by atoms with Crippen molar-refractivity contribution in [3.63, 3.8) is 0 Å². The van der Waals surface area contributed by atoms with Gasteiger partial charge in [-0.1, -0.05) is 0 Å². The molecule has 0 aromatic rings. The van der Waals surface area contributed by atoms with Gasteiger partial charge in [0.15, 0.2) is 0 Å². The molecule has 0 aliphatic rings. The Balaban J connectivity index is 0. The van der Waals surface area contributed by atoms with Gasteiger partial charge in [-0.05, 0) is 0 Å². The van der Waals surface area contributed by atoms with Crippen molar-refractivity contribution in [2.45, 2.75) is 12.5 Å². The Labute approximate surface area is 72.3 Å². The number of hydrogen-bond acceptors (Lipinski definition) is 4. The van der Waals surface area contributed by atoms with Crippen LogP contribution in [0.2, 0.25) is 6.04 Å². The summed E-state index contributed by atoms with van der Waals surface area (Å²) < 4.78 is 0. The van der Waals surface area contributed by atoms with E-state index in [0.29, 0.717) is 0 Å². The molecule has 0 unspecified atom stereocenters. The third kappa shape index (κ3) is 11.1. The van der Waals surface area contributed by atoms with Crippen LogP contribution >= 0.6 is 0 Å². The topological polar surface area (TPSA) is 98.0 Å². The number of carboxylic acids is 1. The van der Waals surface area contributed by atoms with Crippen LogP contribution in [0.5, 0.6) is 0 Å². The van der Waals surface area contributed by atoms with Crippen LogP contribution in [-0.4, -0.2) is 34.3 Å². The van der Waals surface area contributed by atoms with E-state index in [9.17, 15) is 4.79 Å². The minimum absolute atomic E-state index is 0. The average Bonchev–Trinajstić information content (AvgIpc) is 1.59. The monoisotopic (exact) mass is 258 g/mol. The van der Waals surface area contributed by atoms with Crippen LogP contribution in [0.25, 0.3) is 0 Å². The summed E-state index contributed by atoms with van der Waals surface area (Å²) in [6.07, 6.45) is -0.407. The van der Waals surface area contributed by atoms with E-state index in [2.05, 4.69) is 0 Å². The van der Waals surface area contributed by atoms with Gasteiger partial charge in [-0.3, -0.25) is 4.79 Å². The van der Waals surface area contributed by atoms with E-state index in [1.807, 2.05) is 0 Å². The second kappa shape index (κ2) is 4.96. The molecular weight excluding hydrogens is 251 g/mol. The van der Waals surface area contributed by atoms with Gasteiger partial charge in [-0.25, -0.2) is 0 Å². The minimum atomic E-state index is -4.10. The van der Waals surface area contributed by atoms with Crippen molar-refractivity contribution in [1.29, 1.82) is 0 Å². The summed E-state index contributed by atoms with van der Waals surface area (Å²) in [6.45, 7) is 0. The molecule has 0 fully saturated rings. The van der Waals surface area contributed by atoms with Crippen LogP contribution in [0.15, 0.2) is 0 Å². The summed E-state index contributed by atoms with van der Waals surface area (Å²) >= 11 is 0. The first-order chi connectivity index (χ1) is 3.92. The molecular formula is C3H8O5PdSi. The normalized spacial score (nSPS) is 10.3. The van der Waals surface area contributed by atoms with Crippen molar-refractivity contribution in [1.82, 2.24) is 0 Å². The SMILES string of the molecule is O=C(O)CC[Si](O)(O)O.[Pd]. The number of aliphatic carboxylic acids is 1. The third-order valence-electron chi connectivity index (χ3n) is 0.674. The van der Waals surface area contributed by atoms with E-state index in [1.165, 1.54) is 0 Å². The Morgan fingerprint density at radius 2 is 1.70 bits per heavy atom. The fourth-order valence-corrected chi connectivity index (χ4v) is 0.824. The Kier molecular flexibility index (Phi) is 6.38. The molecule has 0 rings (SSSR count). The summed E-state index contributed by atoms with van der Waals surface area (Å²) in [4.78, 5) is 34.5. The van der Waals surface area contributed by atoms with Crippen molar-refractivity contribution >= 4 is 14.8 Å². The number of carbonyl (C=O) groups is 1. The van der Waals surface area contributed by atoms with Gasteiger partial charge in [-0.2, -0.15) is 0 Å². The molecule has 0 radical (unpaired) electrons. The molecule has 7 heteroatoms. The summed E-state index contributed by atoms with van der Waals surface area (Å²) in [6, 6.07) is -0.442. The molecule has 4 N–H and O–H groups in total. The Bertz CT molecular complexity index is 110. The van der Waals surface area contributed by atoms with Gasteiger partial charge in [0, 0.05) is 32.9 Å². The maximum absolute atomic E-state index is 9.73. The summed E-state index contributed by atoms with van der Waals surface area (Å²) in [5.74, 6) is -1.15. The van der Waals surface area contributed by atoms with Gasteiger partial charge >= 0.3 is 14.8 Å². The first-order valence-corrected chi connectivity index (χ1v) is 4.35. The van der Waals surface area contributed by atoms with Crippen molar-refractivity contribution < 1.29 is 44.7 Å². The Morgan fingerprint density at radius 1 is 1.30 bits per heavy atom. The summed E-state index contributed by atoms with van der Waals surface area (Å²) in [5.41, 5.74) is 0. The van der Waals surface area contributed by atoms with Gasteiger partial charge in [0.25, 0.3) is 0 Å². The van der Waals surface area contributed by atoms with Crippen molar-refractivity contribution in [3.05, 3.63) is 0 Å². The van der Waals surface area contributed by atoms with Crippen molar-refractivity contribution in [3.8, 4) is 0 Å². The Morgan fingerprint density at radius 3 is 1.80 bits per heavy atom. The van der Waals surface area contributed by atoms with E-state index in [-0.39, 0.29) is 20.4 Å². The maximum Gasteiger partial charge on any atom is 0.493 e. The van der Waals surface area contributed by atoms with Gasteiger partial charge < -0.3 is 19.5 Å². The fourth-order valence-electron chi connectivity index (χ4n) is 0.275. The van der Waals surface area contributed by atoms with Crippen LogP contribution < -0.4 is 0 Å². The second-order valence-corrected chi connectivity index (χ2v) is 3.72. The van der Waals surface area contributed by atoms with Gasteiger partial charge in [0.05, 0.1) is 0 Å². The smallest absolute Gasteiger partial charge is 0.481 e. The van der Waals surface area contributed by atoms with Crippen LogP contribution in [0.4, 0.5) is 0 Å². The molecule has 0 aliphatic carbocycles. The number of hydrogen-bond donors (Lipinski definition) is 4. The molecule has 0 saturated heterocycles. The Hall–Kier alpha value is 0.229. The zero-order valence-corrected chi connectivity index (χ0v) is 7.48. The molecule has 0 spiro atoms. The van der Waals surface area contributed by atoms with Crippen molar-refractivity contribution in [2.75, 3.05) is 0 Å². The average molecular weight is 259 g/mol. The predicted octanol–water partition coefficient (Wildman–Crippen LogP) is -1.63. The van der Waals surface area contributed by atoms with E-state index < -0.39 is 27.2 Å². The fraction of sp³-hybridized carbons (Fsp3) is 0.667. The summed E-state index contributed by atoms with van der Waals surface area (Å²) in [5, 5.41) is 7.97. The van der Waals surface area contributed by atoms with Gasteiger partial charge in [0.2, 0.25) is 0 Å². The zero-order valence-electron chi connectivity index (χ0n) is 4.93. The van der Waals surface area contributed by atoms with Crippen LogP contribution in [0.1, 0.15) is 6.42 Å². The van der Waals surface area contributed by atoms with E-state index in [4.69, 9.17) is 19.5 Å². The van der Waals surface area contributed by atoms with Crippen LogP contribution in [0, 0.1) is 0 Å². The third-order valence-corrected chi connectivity index (χ3v) is 1.60. The molecule has 0 aromatic carbocycles. The molecule has 10 heavy (non-hydrogen) atoms.